The number of carbonyl (C=O) groups is 1. The van der Waals surface area contributed by atoms with Crippen LogP contribution >= 0.6 is 0 Å². The fourth-order valence-corrected chi connectivity index (χ4v) is 1.86. The molecule has 0 saturated carbocycles. The standard InChI is InChI=1S/C14H14N2O4/c1-8-11(7-12(17)18)14(19)16-13(15-8)9-3-5-10(20-2)6-4-9/h3-6H,7H2,1-2H3,(H,17,18)(H,15,16,19). The molecule has 0 aliphatic rings. The van der Waals surface area contributed by atoms with Crippen molar-refractivity contribution < 1.29 is 14.6 Å². The average molecular weight is 274 g/mol. The van der Waals surface area contributed by atoms with E-state index in [9.17, 15) is 9.59 Å². The lowest BCUT2D eigenvalue weighted by atomic mass is 10.1. The first kappa shape index (κ1) is 13.8. The van der Waals surface area contributed by atoms with Gasteiger partial charge in [-0.2, -0.15) is 0 Å². The van der Waals surface area contributed by atoms with Crippen molar-refractivity contribution in [1.29, 1.82) is 0 Å². The van der Waals surface area contributed by atoms with E-state index in [1.54, 1.807) is 38.3 Å². The topological polar surface area (TPSA) is 92.3 Å². The number of nitrogens with zero attached hydrogens (tertiary/aromatic N) is 1. The maximum absolute atomic E-state index is 11.9. The molecule has 0 fully saturated rings. The zero-order valence-corrected chi connectivity index (χ0v) is 11.1. The molecule has 6 heteroatoms. The molecular formula is C14H14N2O4. The third-order valence-corrected chi connectivity index (χ3v) is 2.91. The number of aliphatic carboxylic acids is 1. The summed E-state index contributed by atoms with van der Waals surface area (Å²) in [4.78, 5) is 29.5. The van der Waals surface area contributed by atoms with E-state index in [0.29, 0.717) is 17.3 Å². The van der Waals surface area contributed by atoms with Gasteiger partial charge in [0.15, 0.2) is 0 Å². The second-order valence-electron chi connectivity index (χ2n) is 4.28. The predicted molar refractivity (Wildman–Crippen MR) is 72.9 cm³/mol. The second-order valence-corrected chi connectivity index (χ2v) is 4.28. The molecule has 1 aromatic carbocycles. The van der Waals surface area contributed by atoms with E-state index in [2.05, 4.69) is 9.97 Å². The minimum absolute atomic E-state index is 0.176. The van der Waals surface area contributed by atoms with Crippen LogP contribution in [0, 0.1) is 6.92 Å². The van der Waals surface area contributed by atoms with Gasteiger partial charge in [0.2, 0.25) is 0 Å². The molecule has 104 valence electrons. The maximum atomic E-state index is 11.9. The normalized spacial score (nSPS) is 10.3. The van der Waals surface area contributed by atoms with Gasteiger partial charge in [0, 0.05) is 16.8 Å². The Balaban J connectivity index is 2.43. The highest BCUT2D eigenvalue weighted by Crippen LogP contribution is 2.18. The monoisotopic (exact) mass is 274 g/mol. The van der Waals surface area contributed by atoms with Gasteiger partial charge in [-0.15, -0.1) is 0 Å². The van der Waals surface area contributed by atoms with E-state index >= 15 is 0 Å². The van der Waals surface area contributed by atoms with Crippen molar-refractivity contribution in [2.24, 2.45) is 0 Å². The van der Waals surface area contributed by atoms with Crippen LogP contribution in [0.4, 0.5) is 0 Å². The second kappa shape index (κ2) is 5.56. The molecule has 0 unspecified atom stereocenters. The zero-order chi connectivity index (χ0) is 14.7. The number of carboxylic acids is 1. The molecule has 0 bridgehead atoms. The van der Waals surface area contributed by atoms with Gasteiger partial charge in [-0.1, -0.05) is 0 Å². The lowest BCUT2D eigenvalue weighted by Gasteiger charge is -2.06. The molecule has 0 aliphatic heterocycles. The van der Waals surface area contributed by atoms with E-state index in [1.165, 1.54) is 0 Å². The van der Waals surface area contributed by atoms with Crippen LogP contribution in [0.2, 0.25) is 0 Å². The summed E-state index contributed by atoms with van der Waals surface area (Å²) in [5.74, 6) is 0.0530. The third kappa shape index (κ3) is 2.85. The third-order valence-electron chi connectivity index (χ3n) is 2.91. The van der Waals surface area contributed by atoms with Crippen molar-refractivity contribution in [2.75, 3.05) is 7.11 Å². The number of aryl methyl sites for hydroxylation is 1. The molecule has 1 aromatic heterocycles. The van der Waals surface area contributed by atoms with Crippen molar-refractivity contribution in [2.45, 2.75) is 13.3 Å². The van der Waals surface area contributed by atoms with Gasteiger partial charge >= 0.3 is 5.97 Å². The molecule has 2 rings (SSSR count). The summed E-state index contributed by atoms with van der Waals surface area (Å²) < 4.78 is 5.06. The number of hydrogen-bond acceptors (Lipinski definition) is 4. The number of H-pyrrole nitrogens is 1. The van der Waals surface area contributed by atoms with Crippen LogP contribution in [-0.4, -0.2) is 28.2 Å². The number of rotatable bonds is 4. The largest absolute Gasteiger partial charge is 0.497 e. The minimum Gasteiger partial charge on any atom is -0.497 e. The number of aromatic amines is 1. The van der Waals surface area contributed by atoms with E-state index in [1.807, 2.05) is 0 Å². The van der Waals surface area contributed by atoms with Crippen LogP contribution in [0.1, 0.15) is 11.3 Å². The Labute approximate surface area is 115 Å². The summed E-state index contributed by atoms with van der Waals surface area (Å²) in [6, 6.07) is 7.06. The van der Waals surface area contributed by atoms with E-state index in [4.69, 9.17) is 9.84 Å². The maximum Gasteiger partial charge on any atom is 0.308 e. The fraction of sp³-hybridized carbons (Fsp3) is 0.214. The van der Waals surface area contributed by atoms with Gasteiger partial charge < -0.3 is 14.8 Å². The quantitative estimate of drug-likeness (QED) is 0.878. The van der Waals surface area contributed by atoms with Crippen molar-refractivity contribution in [1.82, 2.24) is 9.97 Å². The highest BCUT2D eigenvalue weighted by molar-refractivity contribution is 5.70. The highest BCUT2D eigenvalue weighted by atomic mass is 16.5. The molecule has 0 atom stereocenters. The summed E-state index contributed by atoms with van der Waals surface area (Å²) in [5, 5.41) is 8.77. The fourth-order valence-electron chi connectivity index (χ4n) is 1.86. The van der Waals surface area contributed by atoms with Crippen molar-refractivity contribution >= 4 is 5.97 Å². The summed E-state index contributed by atoms with van der Waals surface area (Å²) in [6.07, 6.45) is -0.336. The molecule has 2 N–H and O–H groups in total. The predicted octanol–water partition coefficient (Wildman–Crippen LogP) is 1.38. The first-order chi connectivity index (χ1) is 9.51. The number of benzene rings is 1. The van der Waals surface area contributed by atoms with E-state index in [0.717, 1.165) is 5.56 Å². The molecule has 6 nitrogen and oxygen atoms in total. The lowest BCUT2D eigenvalue weighted by Crippen LogP contribution is -2.20. The van der Waals surface area contributed by atoms with Gasteiger partial charge in [-0.05, 0) is 31.2 Å². The molecule has 0 saturated heterocycles. The summed E-state index contributed by atoms with van der Waals surface area (Å²) >= 11 is 0. The van der Waals surface area contributed by atoms with Crippen molar-refractivity contribution in [3.8, 4) is 17.1 Å². The average Bonchev–Trinajstić information content (AvgIpc) is 2.42. The Morgan fingerprint density at radius 3 is 2.50 bits per heavy atom. The molecule has 20 heavy (non-hydrogen) atoms. The van der Waals surface area contributed by atoms with Crippen LogP contribution in [0.25, 0.3) is 11.4 Å². The molecule has 0 amide bonds. The van der Waals surface area contributed by atoms with Crippen LogP contribution < -0.4 is 10.3 Å². The van der Waals surface area contributed by atoms with Crippen LogP contribution in [0.3, 0.4) is 0 Å². The SMILES string of the molecule is COc1ccc(-c2nc(C)c(CC(=O)O)c(=O)[nH]2)cc1. The van der Waals surface area contributed by atoms with Gasteiger partial charge in [-0.3, -0.25) is 9.59 Å². The van der Waals surface area contributed by atoms with Crippen LogP contribution in [0.15, 0.2) is 29.1 Å². The Morgan fingerprint density at radius 2 is 2.00 bits per heavy atom. The number of hydrogen-bond donors (Lipinski definition) is 2. The Morgan fingerprint density at radius 1 is 1.35 bits per heavy atom. The first-order valence-corrected chi connectivity index (χ1v) is 5.97. The molecule has 2 aromatic rings. The minimum atomic E-state index is -1.06. The zero-order valence-electron chi connectivity index (χ0n) is 11.1. The smallest absolute Gasteiger partial charge is 0.308 e. The number of aromatic nitrogens is 2. The molecule has 0 radical (unpaired) electrons. The van der Waals surface area contributed by atoms with Gasteiger partial charge in [0.25, 0.3) is 5.56 Å². The van der Waals surface area contributed by atoms with E-state index < -0.39 is 11.5 Å². The van der Waals surface area contributed by atoms with Crippen molar-refractivity contribution in [3.63, 3.8) is 0 Å². The van der Waals surface area contributed by atoms with Crippen LogP contribution in [0.5, 0.6) is 5.75 Å². The Kier molecular flexibility index (Phi) is 3.84. The molecule has 1 heterocycles. The number of ether oxygens (including phenoxy) is 1. The molecular weight excluding hydrogens is 260 g/mol. The summed E-state index contributed by atoms with van der Waals surface area (Å²) in [6.45, 7) is 1.63. The number of nitrogens with one attached hydrogen (secondary N) is 1. The Hall–Kier alpha value is -2.63. The molecule has 0 spiro atoms. The van der Waals surface area contributed by atoms with Gasteiger partial charge in [0.1, 0.15) is 11.6 Å². The molecule has 0 aliphatic carbocycles. The number of methoxy groups -OCH3 is 1. The number of carboxylic acid groups (broad SMARTS) is 1. The first-order valence-electron chi connectivity index (χ1n) is 5.97. The van der Waals surface area contributed by atoms with Crippen LogP contribution in [-0.2, 0) is 11.2 Å². The van der Waals surface area contributed by atoms with Crippen molar-refractivity contribution in [3.05, 3.63) is 45.9 Å². The highest BCUT2D eigenvalue weighted by Gasteiger charge is 2.12. The summed E-state index contributed by atoms with van der Waals surface area (Å²) in [5.41, 5.74) is 0.898. The summed E-state index contributed by atoms with van der Waals surface area (Å²) in [7, 11) is 1.57. The lowest BCUT2D eigenvalue weighted by molar-refractivity contribution is -0.136. The van der Waals surface area contributed by atoms with Gasteiger partial charge in [0.05, 0.1) is 13.5 Å². The van der Waals surface area contributed by atoms with Gasteiger partial charge in [-0.25, -0.2) is 4.98 Å². The van der Waals surface area contributed by atoms with E-state index in [-0.39, 0.29) is 12.0 Å². The Bertz CT molecular complexity index is 689.